The van der Waals surface area contributed by atoms with E-state index in [1.165, 1.54) is 12.8 Å². The normalized spacial score (nSPS) is 20.9. The van der Waals surface area contributed by atoms with Crippen molar-refractivity contribution in [3.05, 3.63) is 0 Å². The molecule has 0 aliphatic carbocycles. The van der Waals surface area contributed by atoms with Crippen LogP contribution in [0.3, 0.4) is 0 Å². The summed E-state index contributed by atoms with van der Waals surface area (Å²) < 4.78 is 0. The van der Waals surface area contributed by atoms with Crippen LogP contribution in [0.15, 0.2) is 0 Å². The third kappa shape index (κ3) is 5.80. The predicted molar refractivity (Wildman–Crippen MR) is 84.8 cm³/mol. The van der Waals surface area contributed by atoms with Gasteiger partial charge in [0.2, 0.25) is 5.91 Å². The zero-order valence-corrected chi connectivity index (χ0v) is 13.9. The van der Waals surface area contributed by atoms with E-state index in [-0.39, 0.29) is 11.9 Å². The highest BCUT2D eigenvalue weighted by Gasteiger charge is 2.27. The van der Waals surface area contributed by atoms with Gasteiger partial charge in [-0.05, 0) is 52.5 Å². The van der Waals surface area contributed by atoms with Gasteiger partial charge in [0.05, 0.1) is 6.04 Å². The van der Waals surface area contributed by atoms with Gasteiger partial charge in [0.25, 0.3) is 0 Å². The summed E-state index contributed by atoms with van der Waals surface area (Å²) in [5, 5.41) is 6.59. The molecule has 1 aliphatic rings. The summed E-state index contributed by atoms with van der Waals surface area (Å²) in [6, 6.07) is 0.885. The van der Waals surface area contributed by atoms with E-state index in [1.54, 1.807) is 0 Å². The van der Waals surface area contributed by atoms with Gasteiger partial charge in [0, 0.05) is 25.2 Å². The van der Waals surface area contributed by atoms with Gasteiger partial charge in [-0.25, -0.2) is 0 Å². The second-order valence-corrected chi connectivity index (χ2v) is 6.73. The lowest BCUT2D eigenvalue weighted by Crippen LogP contribution is -2.52. The Morgan fingerprint density at radius 1 is 1.30 bits per heavy atom. The minimum absolute atomic E-state index is 0.0513. The van der Waals surface area contributed by atoms with Gasteiger partial charge in [-0.1, -0.05) is 13.8 Å². The van der Waals surface area contributed by atoms with Crippen LogP contribution in [0.1, 0.15) is 53.9 Å². The Hall–Kier alpha value is -0.610. The van der Waals surface area contributed by atoms with Crippen molar-refractivity contribution in [3.8, 4) is 0 Å². The molecule has 2 atom stereocenters. The first kappa shape index (κ1) is 17.4. The van der Waals surface area contributed by atoms with Gasteiger partial charge >= 0.3 is 0 Å². The SMILES string of the molecule is CC(C)CCNC(=O)C(C)N(CC1CCCN1)C(C)C. The Balaban J connectivity index is 2.45. The highest BCUT2D eigenvalue weighted by molar-refractivity contribution is 5.81. The topological polar surface area (TPSA) is 44.4 Å². The molecular formula is C16H33N3O. The maximum absolute atomic E-state index is 12.3. The molecule has 0 radical (unpaired) electrons. The summed E-state index contributed by atoms with van der Waals surface area (Å²) in [6.45, 7) is 13.6. The molecule has 1 rings (SSSR count). The number of hydrogen-bond acceptors (Lipinski definition) is 3. The molecule has 1 amide bonds. The first-order valence-electron chi connectivity index (χ1n) is 8.18. The molecule has 0 aromatic heterocycles. The van der Waals surface area contributed by atoms with E-state index in [2.05, 4.69) is 43.2 Å². The van der Waals surface area contributed by atoms with E-state index in [4.69, 9.17) is 0 Å². The first-order chi connectivity index (χ1) is 9.41. The molecule has 0 bridgehead atoms. The number of nitrogens with zero attached hydrogens (tertiary/aromatic N) is 1. The monoisotopic (exact) mass is 283 g/mol. The number of nitrogens with one attached hydrogen (secondary N) is 2. The molecule has 4 nitrogen and oxygen atoms in total. The van der Waals surface area contributed by atoms with Crippen molar-refractivity contribution in [2.24, 2.45) is 5.92 Å². The maximum Gasteiger partial charge on any atom is 0.237 e. The Morgan fingerprint density at radius 3 is 2.50 bits per heavy atom. The van der Waals surface area contributed by atoms with Crippen molar-refractivity contribution in [3.63, 3.8) is 0 Å². The molecule has 1 fully saturated rings. The molecule has 0 aromatic carbocycles. The summed E-state index contributed by atoms with van der Waals surface area (Å²) >= 11 is 0. The van der Waals surface area contributed by atoms with Crippen LogP contribution in [0.2, 0.25) is 0 Å². The first-order valence-corrected chi connectivity index (χ1v) is 8.18. The van der Waals surface area contributed by atoms with E-state index in [0.717, 1.165) is 26.1 Å². The van der Waals surface area contributed by atoms with Gasteiger partial charge in [0.15, 0.2) is 0 Å². The lowest BCUT2D eigenvalue weighted by atomic mass is 10.1. The Kier molecular flexibility index (Phi) is 7.52. The van der Waals surface area contributed by atoms with Gasteiger partial charge in [-0.3, -0.25) is 9.69 Å². The number of carbonyl (C=O) groups excluding carboxylic acids is 1. The fraction of sp³-hybridized carbons (Fsp3) is 0.938. The molecule has 0 spiro atoms. The van der Waals surface area contributed by atoms with Crippen molar-refractivity contribution in [1.82, 2.24) is 15.5 Å². The van der Waals surface area contributed by atoms with Crippen LogP contribution in [0, 0.1) is 5.92 Å². The second kappa shape index (κ2) is 8.63. The van der Waals surface area contributed by atoms with Crippen molar-refractivity contribution < 1.29 is 4.79 Å². The minimum atomic E-state index is -0.0513. The lowest BCUT2D eigenvalue weighted by molar-refractivity contribution is -0.126. The van der Waals surface area contributed by atoms with Crippen LogP contribution in [0.4, 0.5) is 0 Å². The molecule has 2 N–H and O–H groups in total. The highest BCUT2D eigenvalue weighted by Crippen LogP contribution is 2.12. The van der Waals surface area contributed by atoms with Gasteiger partial charge in [0.1, 0.15) is 0 Å². The molecule has 0 aromatic rings. The molecule has 0 saturated carbocycles. The quantitative estimate of drug-likeness (QED) is 0.716. The Bertz CT molecular complexity index is 285. The summed E-state index contributed by atoms with van der Waals surface area (Å²) in [5.41, 5.74) is 0. The zero-order valence-electron chi connectivity index (χ0n) is 13.9. The lowest BCUT2D eigenvalue weighted by Gasteiger charge is -2.34. The number of carbonyl (C=O) groups is 1. The number of rotatable bonds is 8. The minimum Gasteiger partial charge on any atom is -0.355 e. The van der Waals surface area contributed by atoms with E-state index in [0.29, 0.717) is 18.0 Å². The van der Waals surface area contributed by atoms with Crippen LogP contribution in [0.25, 0.3) is 0 Å². The smallest absolute Gasteiger partial charge is 0.237 e. The van der Waals surface area contributed by atoms with Crippen LogP contribution in [-0.2, 0) is 4.79 Å². The molecular weight excluding hydrogens is 250 g/mol. The van der Waals surface area contributed by atoms with E-state index >= 15 is 0 Å². The van der Waals surface area contributed by atoms with Crippen molar-refractivity contribution in [2.75, 3.05) is 19.6 Å². The van der Waals surface area contributed by atoms with E-state index < -0.39 is 0 Å². The van der Waals surface area contributed by atoms with Crippen molar-refractivity contribution >= 4 is 5.91 Å². The summed E-state index contributed by atoms with van der Waals surface area (Å²) in [5.74, 6) is 0.798. The molecule has 20 heavy (non-hydrogen) atoms. The molecule has 2 unspecified atom stereocenters. The molecule has 4 heteroatoms. The summed E-state index contributed by atoms with van der Waals surface area (Å²) in [6.07, 6.45) is 3.53. The predicted octanol–water partition coefficient (Wildman–Crippen LogP) is 2.00. The average molecular weight is 283 g/mol. The van der Waals surface area contributed by atoms with Crippen LogP contribution in [-0.4, -0.2) is 48.6 Å². The van der Waals surface area contributed by atoms with Gasteiger partial charge in [-0.15, -0.1) is 0 Å². The molecule has 118 valence electrons. The summed E-state index contributed by atoms with van der Waals surface area (Å²) in [7, 11) is 0. The second-order valence-electron chi connectivity index (χ2n) is 6.73. The highest BCUT2D eigenvalue weighted by atomic mass is 16.2. The van der Waals surface area contributed by atoms with Crippen molar-refractivity contribution in [1.29, 1.82) is 0 Å². The van der Waals surface area contributed by atoms with Crippen molar-refractivity contribution in [2.45, 2.75) is 72.0 Å². The fourth-order valence-electron chi connectivity index (χ4n) is 2.77. The zero-order chi connectivity index (χ0) is 15.1. The van der Waals surface area contributed by atoms with Crippen LogP contribution >= 0.6 is 0 Å². The number of hydrogen-bond donors (Lipinski definition) is 2. The molecule has 1 heterocycles. The number of amides is 1. The largest absolute Gasteiger partial charge is 0.355 e. The maximum atomic E-state index is 12.3. The fourth-order valence-corrected chi connectivity index (χ4v) is 2.77. The van der Waals surface area contributed by atoms with Crippen LogP contribution < -0.4 is 10.6 Å². The summed E-state index contributed by atoms with van der Waals surface area (Å²) in [4.78, 5) is 14.6. The Morgan fingerprint density at radius 2 is 2.00 bits per heavy atom. The average Bonchev–Trinajstić information content (AvgIpc) is 2.87. The molecule has 1 saturated heterocycles. The van der Waals surface area contributed by atoms with E-state index in [9.17, 15) is 4.79 Å². The van der Waals surface area contributed by atoms with Gasteiger partial charge in [-0.2, -0.15) is 0 Å². The molecule has 1 aliphatic heterocycles. The van der Waals surface area contributed by atoms with Gasteiger partial charge < -0.3 is 10.6 Å². The standard InChI is InChI=1S/C16H33N3O/c1-12(2)8-10-18-16(20)14(5)19(13(3)4)11-15-7-6-9-17-15/h12-15,17H,6-11H2,1-5H3,(H,18,20). The van der Waals surface area contributed by atoms with Crippen LogP contribution in [0.5, 0.6) is 0 Å². The Labute approximate surface area is 124 Å². The van der Waals surface area contributed by atoms with E-state index in [1.807, 2.05) is 6.92 Å². The third-order valence-corrected chi connectivity index (χ3v) is 4.15. The third-order valence-electron chi connectivity index (χ3n) is 4.15.